The molecule has 1 aliphatic carbocycles. The Morgan fingerprint density at radius 2 is 1.84 bits per heavy atom. The maximum Gasteiger partial charge on any atom is 0.225 e. The van der Waals surface area contributed by atoms with E-state index in [1.54, 1.807) is 6.07 Å². The Morgan fingerprint density at radius 3 is 2.45 bits per heavy atom. The number of hydrogen-bond acceptors (Lipinski definition) is 4. The van der Waals surface area contributed by atoms with Crippen molar-refractivity contribution in [2.75, 3.05) is 31.1 Å². The van der Waals surface area contributed by atoms with Crippen LogP contribution >= 0.6 is 0 Å². The number of rotatable bonds is 6. The van der Waals surface area contributed by atoms with Gasteiger partial charge in [0.05, 0.1) is 0 Å². The highest BCUT2D eigenvalue weighted by molar-refractivity contribution is 5.80. The summed E-state index contributed by atoms with van der Waals surface area (Å²) in [5.74, 6) is 2.56. The van der Waals surface area contributed by atoms with Crippen LogP contribution in [0.5, 0.6) is 0 Å². The van der Waals surface area contributed by atoms with E-state index in [0.29, 0.717) is 23.8 Å². The predicted molar refractivity (Wildman–Crippen MR) is 121 cm³/mol. The minimum Gasteiger partial charge on any atom is -0.353 e. The second kappa shape index (κ2) is 9.33. The summed E-state index contributed by atoms with van der Waals surface area (Å²) >= 11 is 0. The van der Waals surface area contributed by atoms with Crippen molar-refractivity contribution in [3.8, 4) is 0 Å². The summed E-state index contributed by atoms with van der Waals surface area (Å²) in [5.41, 5.74) is 2.55. The average Bonchev–Trinajstić information content (AvgIpc) is 2.69. The molecular formula is C25H33FN4O. The molecule has 2 aliphatic rings. The third-order valence-corrected chi connectivity index (χ3v) is 6.50. The van der Waals surface area contributed by atoms with Gasteiger partial charge in [0.15, 0.2) is 0 Å². The SMILES string of the molecule is Cc1nc(CC(C)C)nc(N2CCN(C(=O)C3CCC3)CC2)c1Cc1ccccc1F. The van der Waals surface area contributed by atoms with Crippen molar-refractivity contribution in [1.29, 1.82) is 0 Å². The molecule has 2 heterocycles. The number of aromatic nitrogens is 2. The fourth-order valence-electron chi connectivity index (χ4n) is 4.45. The molecule has 6 heteroatoms. The summed E-state index contributed by atoms with van der Waals surface area (Å²) in [4.78, 5) is 26.6. The lowest BCUT2D eigenvalue weighted by Crippen LogP contribution is -2.51. The van der Waals surface area contributed by atoms with Crippen molar-refractivity contribution < 1.29 is 9.18 Å². The number of anilines is 1. The van der Waals surface area contributed by atoms with E-state index in [9.17, 15) is 9.18 Å². The Kier molecular flexibility index (Phi) is 6.54. The van der Waals surface area contributed by atoms with E-state index in [-0.39, 0.29) is 11.7 Å². The van der Waals surface area contributed by atoms with Gasteiger partial charge in [-0.25, -0.2) is 14.4 Å². The second-order valence-electron chi connectivity index (χ2n) is 9.33. The first kappa shape index (κ1) is 21.7. The standard InChI is InChI=1S/C25H33FN4O/c1-17(2)15-23-27-18(3)21(16-20-7-4-5-10-22(20)26)24(28-23)29-11-13-30(14-12-29)25(31)19-8-6-9-19/h4-5,7,10,17,19H,6,8-9,11-16H2,1-3H3. The van der Waals surface area contributed by atoms with Crippen LogP contribution in [0.3, 0.4) is 0 Å². The smallest absolute Gasteiger partial charge is 0.225 e. The number of benzene rings is 1. The number of nitrogens with zero attached hydrogens (tertiary/aromatic N) is 4. The van der Waals surface area contributed by atoms with Gasteiger partial charge in [0, 0.05) is 56.2 Å². The monoisotopic (exact) mass is 424 g/mol. The van der Waals surface area contributed by atoms with Crippen molar-refractivity contribution >= 4 is 11.7 Å². The lowest BCUT2D eigenvalue weighted by Gasteiger charge is -2.39. The molecule has 0 N–H and O–H groups in total. The number of aryl methyl sites for hydroxylation is 1. The van der Waals surface area contributed by atoms with E-state index < -0.39 is 0 Å². The summed E-state index contributed by atoms with van der Waals surface area (Å²) in [6.45, 7) is 9.27. The van der Waals surface area contributed by atoms with Gasteiger partial charge in [0.1, 0.15) is 17.5 Å². The molecule has 1 saturated heterocycles. The van der Waals surface area contributed by atoms with Crippen molar-refractivity contribution in [3.05, 3.63) is 52.7 Å². The highest BCUT2D eigenvalue weighted by Crippen LogP contribution is 2.30. The molecule has 0 atom stereocenters. The van der Waals surface area contributed by atoms with Crippen molar-refractivity contribution in [2.45, 2.75) is 52.9 Å². The molecule has 0 radical (unpaired) electrons. The predicted octanol–water partition coefficient (Wildman–Crippen LogP) is 4.16. The van der Waals surface area contributed by atoms with Gasteiger partial charge in [-0.2, -0.15) is 0 Å². The molecule has 2 aromatic rings. The zero-order valence-electron chi connectivity index (χ0n) is 18.9. The van der Waals surface area contributed by atoms with Gasteiger partial charge in [-0.15, -0.1) is 0 Å². The highest BCUT2D eigenvalue weighted by Gasteiger charge is 2.32. The zero-order chi connectivity index (χ0) is 22.0. The molecule has 1 aromatic heterocycles. The maximum absolute atomic E-state index is 14.4. The van der Waals surface area contributed by atoms with Gasteiger partial charge in [0.2, 0.25) is 5.91 Å². The molecule has 31 heavy (non-hydrogen) atoms. The molecule has 166 valence electrons. The first-order valence-corrected chi connectivity index (χ1v) is 11.6. The molecule has 0 spiro atoms. The fraction of sp³-hybridized carbons (Fsp3) is 0.560. The van der Waals surface area contributed by atoms with Gasteiger partial charge >= 0.3 is 0 Å². The normalized spacial score (nSPS) is 17.2. The number of amides is 1. The number of piperazine rings is 1. The van der Waals surface area contributed by atoms with Gasteiger partial charge < -0.3 is 9.80 Å². The Balaban J connectivity index is 1.59. The van der Waals surface area contributed by atoms with Crippen LogP contribution in [0.1, 0.15) is 55.8 Å². The quantitative estimate of drug-likeness (QED) is 0.699. The van der Waals surface area contributed by atoms with E-state index in [4.69, 9.17) is 9.97 Å². The molecule has 1 amide bonds. The van der Waals surface area contributed by atoms with Gasteiger partial charge in [-0.05, 0) is 37.3 Å². The topological polar surface area (TPSA) is 49.3 Å². The van der Waals surface area contributed by atoms with Crippen LogP contribution in [0.25, 0.3) is 0 Å². The third-order valence-electron chi connectivity index (χ3n) is 6.50. The average molecular weight is 425 g/mol. The van der Waals surface area contributed by atoms with Crippen LogP contribution in [0.2, 0.25) is 0 Å². The van der Waals surface area contributed by atoms with Crippen LogP contribution < -0.4 is 4.90 Å². The van der Waals surface area contributed by atoms with Gasteiger partial charge in [-0.1, -0.05) is 38.5 Å². The summed E-state index contributed by atoms with van der Waals surface area (Å²) < 4.78 is 14.4. The van der Waals surface area contributed by atoms with Gasteiger partial charge in [-0.3, -0.25) is 4.79 Å². The largest absolute Gasteiger partial charge is 0.353 e. The molecule has 0 unspecified atom stereocenters. The molecule has 5 nitrogen and oxygen atoms in total. The van der Waals surface area contributed by atoms with Crippen LogP contribution in [0.15, 0.2) is 24.3 Å². The van der Waals surface area contributed by atoms with Crippen molar-refractivity contribution in [1.82, 2.24) is 14.9 Å². The van der Waals surface area contributed by atoms with E-state index in [1.807, 2.05) is 24.0 Å². The first-order chi connectivity index (χ1) is 14.9. The number of carbonyl (C=O) groups is 1. The van der Waals surface area contributed by atoms with E-state index in [2.05, 4.69) is 18.7 Å². The van der Waals surface area contributed by atoms with Crippen molar-refractivity contribution in [2.24, 2.45) is 11.8 Å². The summed E-state index contributed by atoms with van der Waals surface area (Å²) in [7, 11) is 0. The Morgan fingerprint density at radius 1 is 1.13 bits per heavy atom. The molecule has 2 fully saturated rings. The van der Waals surface area contributed by atoms with E-state index >= 15 is 0 Å². The lowest BCUT2D eigenvalue weighted by atomic mass is 9.84. The van der Waals surface area contributed by atoms with E-state index in [0.717, 1.165) is 68.3 Å². The van der Waals surface area contributed by atoms with Gasteiger partial charge in [0.25, 0.3) is 0 Å². The van der Waals surface area contributed by atoms with Crippen LogP contribution in [0, 0.1) is 24.6 Å². The number of halogens is 1. The Hall–Kier alpha value is -2.50. The molecule has 4 rings (SSSR count). The molecular weight excluding hydrogens is 391 g/mol. The van der Waals surface area contributed by atoms with Crippen LogP contribution in [-0.4, -0.2) is 47.0 Å². The van der Waals surface area contributed by atoms with Crippen molar-refractivity contribution in [3.63, 3.8) is 0 Å². The highest BCUT2D eigenvalue weighted by atomic mass is 19.1. The number of carbonyl (C=O) groups excluding carboxylic acids is 1. The maximum atomic E-state index is 14.4. The molecule has 1 aliphatic heterocycles. The summed E-state index contributed by atoms with van der Waals surface area (Å²) in [6.07, 6.45) is 4.53. The summed E-state index contributed by atoms with van der Waals surface area (Å²) in [6, 6.07) is 6.92. The molecule has 1 aromatic carbocycles. The Labute approximate surface area is 184 Å². The zero-order valence-corrected chi connectivity index (χ0v) is 18.9. The van der Waals surface area contributed by atoms with Crippen LogP contribution in [-0.2, 0) is 17.6 Å². The molecule has 0 bridgehead atoms. The number of hydrogen-bond donors (Lipinski definition) is 0. The Bertz CT molecular complexity index is 933. The molecule has 1 saturated carbocycles. The second-order valence-corrected chi connectivity index (χ2v) is 9.33. The first-order valence-electron chi connectivity index (χ1n) is 11.6. The lowest BCUT2D eigenvalue weighted by molar-refractivity contribution is -0.138. The summed E-state index contributed by atoms with van der Waals surface area (Å²) in [5, 5.41) is 0. The van der Waals surface area contributed by atoms with E-state index in [1.165, 1.54) is 12.5 Å². The minimum atomic E-state index is -0.199. The minimum absolute atomic E-state index is 0.199. The fourth-order valence-corrected chi connectivity index (χ4v) is 4.45. The third kappa shape index (κ3) is 4.89. The van der Waals surface area contributed by atoms with Crippen LogP contribution in [0.4, 0.5) is 10.2 Å².